The molecule has 144 valence electrons. The largest absolute Gasteiger partial charge is 0.466 e. The van der Waals surface area contributed by atoms with Crippen molar-refractivity contribution in [3.05, 3.63) is 77.6 Å². The zero-order chi connectivity index (χ0) is 19.3. The van der Waals surface area contributed by atoms with Crippen LogP contribution in [0, 0.1) is 0 Å². The fraction of sp³-hybridized carbons (Fsp3) is 0.292. The molecular weight excluding hydrogens is 350 g/mol. The number of rotatable bonds is 5. The minimum absolute atomic E-state index is 0.337. The Labute approximate surface area is 165 Å². The number of piperidine rings is 1. The average molecular weight is 375 g/mol. The van der Waals surface area contributed by atoms with Gasteiger partial charge in [-0.15, -0.1) is 0 Å². The van der Waals surface area contributed by atoms with Crippen molar-refractivity contribution in [3.63, 3.8) is 0 Å². The molecule has 0 radical (unpaired) electrons. The summed E-state index contributed by atoms with van der Waals surface area (Å²) >= 11 is 0. The molecule has 0 amide bonds. The first-order valence-electron chi connectivity index (χ1n) is 9.77. The lowest BCUT2D eigenvalue weighted by atomic mass is 9.94. The van der Waals surface area contributed by atoms with E-state index in [0.29, 0.717) is 5.92 Å². The summed E-state index contributed by atoms with van der Waals surface area (Å²) < 4.78 is 10.7. The average Bonchev–Trinajstić information content (AvgIpc) is 3.18. The number of para-hydroxylation sites is 1. The van der Waals surface area contributed by atoms with E-state index in [0.717, 1.165) is 49.4 Å². The Morgan fingerprint density at radius 1 is 1.14 bits per heavy atom. The van der Waals surface area contributed by atoms with Gasteiger partial charge in [-0.2, -0.15) is 0 Å². The van der Waals surface area contributed by atoms with E-state index in [9.17, 15) is 4.79 Å². The van der Waals surface area contributed by atoms with Gasteiger partial charge in [-0.3, -0.25) is 4.90 Å². The van der Waals surface area contributed by atoms with Crippen molar-refractivity contribution in [2.45, 2.75) is 25.3 Å². The van der Waals surface area contributed by atoms with Crippen LogP contribution in [0.4, 0.5) is 0 Å². The Kier molecular flexibility index (Phi) is 5.58. The lowest BCUT2D eigenvalue weighted by Crippen LogP contribution is -2.32. The van der Waals surface area contributed by atoms with Crippen LogP contribution >= 0.6 is 0 Å². The molecule has 4 rings (SSSR count). The van der Waals surface area contributed by atoms with Crippen molar-refractivity contribution in [1.82, 2.24) is 4.90 Å². The highest BCUT2D eigenvalue weighted by molar-refractivity contribution is 5.86. The van der Waals surface area contributed by atoms with Crippen molar-refractivity contribution in [1.29, 1.82) is 0 Å². The number of hydrogen-bond donors (Lipinski definition) is 0. The number of fused-ring (bicyclic) bond motifs is 1. The predicted molar refractivity (Wildman–Crippen MR) is 111 cm³/mol. The minimum atomic E-state index is -0.337. The van der Waals surface area contributed by atoms with E-state index in [4.69, 9.17) is 4.42 Å². The molecule has 2 aromatic carbocycles. The maximum atomic E-state index is 11.2. The molecule has 4 heteroatoms. The van der Waals surface area contributed by atoms with Crippen LogP contribution in [0.3, 0.4) is 0 Å². The lowest BCUT2D eigenvalue weighted by Gasteiger charge is -2.31. The fourth-order valence-electron chi connectivity index (χ4n) is 3.80. The van der Waals surface area contributed by atoms with Crippen molar-refractivity contribution in [3.8, 4) is 0 Å². The van der Waals surface area contributed by atoms with Crippen LogP contribution in [-0.2, 0) is 16.1 Å². The quantitative estimate of drug-likeness (QED) is 0.465. The lowest BCUT2D eigenvalue weighted by molar-refractivity contribution is -0.134. The topological polar surface area (TPSA) is 42.7 Å². The molecule has 0 unspecified atom stereocenters. The normalized spacial score (nSPS) is 16.0. The van der Waals surface area contributed by atoms with E-state index >= 15 is 0 Å². The maximum Gasteiger partial charge on any atom is 0.330 e. The van der Waals surface area contributed by atoms with Gasteiger partial charge in [-0.25, -0.2) is 4.79 Å². The number of hydrogen-bond acceptors (Lipinski definition) is 4. The van der Waals surface area contributed by atoms with Crippen LogP contribution in [0.25, 0.3) is 17.0 Å². The van der Waals surface area contributed by atoms with Gasteiger partial charge in [-0.1, -0.05) is 42.5 Å². The van der Waals surface area contributed by atoms with Gasteiger partial charge >= 0.3 is 5.97 Å². The molecule has 0 spiro atoms. The highest BCUT2D eigenvalue weighted by Crippen LogP contribution is 2.32. The van der Waals surface area contributed by atoms with Gasteiger partial charge in [-0.05, 0) is 55.3 Å². The molecule has 3 aromatic rings. The molecule has 4 nitrogen and oxygen atoms in total. The molecule has 0 bridgehead atoms. The number of ether oxygens (including phenoxy) is 1. The van der Waals surface area contributed by atoms with Crippen LogP contribution in [0.2, 0.25) is 0 Å². The second kappa shape index (κ2) is 8.44. The van der Waals surface area contributed by atoms with Gasteiger partial charge in [0.15, 0.2) is 0 Å². The molecular formula is C24H25NO3. The number of carbonyl (C=O) groups excluding carboxylic acids is 1. The van der Waals surface area contributed by atoms with Gasteiger partial charge in [0, 0.05) is 23.9 Å². The number of nitrogens with zero attached hydrogens (tertiary/aromatic N) is 1. The summed E-state index contributed by atoms with van der Waals surface area (Å²) in [6, 6.07) is 18.8. The third-order valence-corrected chi connectivity index (χ3v) is 5.43. The summed E-state index contributed by atoms with van der Waals surface area (Å²) in [6.07, 6.45) is 5.46. The van der Waals surface area contributed by atoms with Crippen LogP contribution in [0.15, 0.2) is 65.1 Å². The molecule has 28 heavy (non-hydrogen) atoms. The number of furan rings is 1. The number of methoxy groups -OCH3 is 1. The molecule has 1 aliphatic heterocycles. The molecule has 1 fully saturated rings. The van der Waals surface area contributed by atoms with E-state index in [2.05, 4.69) is 40.0 Å². The summed E-state index contributed by atoms with van der Waals surface area (Å²) in [4.78, 5) is 13.7. The van der Waals surface area contributed by atoms with Gasteiger partial charge < -0.3 is 9.15 Å². The third kappa shape index (κ3) is 4.34. The second-order valence-corrected chi connectivity index (χ2v) is 7.34. The first kappa shape index (κ1) is 18.5. The van der Waals surface area contributed by atoms with Gasteiger partial charge in [0.25, 0.3) is 0 Å². The number of carbonyl (C=O) groups is 1. The Bertz CT molecular complexity index is 930. The van der Waals surface area contributed by atoms with E-state index in [1.165, 1.54) is 24.1 Å². The highest BCUT2D eigenvalue weighted by Gasteiger charge is 2.23. The molecule has 2 heterocycles. The monoisotopic (exact) mass is 375 g/mol. The van der Waals surface area contributed by atoms with Crippen molar-refractivity contribution >= 4 is 23.0 Å². The molecule has 1 saturated heterocycles. The van der Waals surface area contributed by atoms with Crippen molar-refractivity contribution in [2.24, 2.45) is 0 Å². The second-order valence-electron chi connectivity index (χ2n) is 7.34. The van der Waals surface area contributed by atoms with Crippen LogP contribution < -0.4 is 0 Å². The standard InChI is InChI=1S/C24H25NO3/c1-27-24(26)11-10-18-6-8-19(9-7-18)17-25-14-12-20(13-15-25)23-16-21-4-2-3-5-22(21)28-23/h2-11,16,20H,12-15,17H2,1H3. The fourth-order valence-corrected chi connectivity index (χ4v) is 3.80. The first-order valence-corrected chi connectivity index (χ1v) is 9.77. The Morgan fingerprint density at radius 2 is 1.89 bits per heavy atom. The van der Waals surface area contributed by atoms with Gasteiger partial charge in [0.2, 0.25) is 0 Å². The van der Waals surface area contributed by atoms with E-state index in [-0.39, 0.29) is 5.97 Å². The first-order chi connectivity index (χ1) is 13.7. The number of likely N-dealkylation sites (tertiary alicyclic amines) is 1. The molecule has 1 aromatic heterocycles. The molecule has 0 saturated carbocycles. The van der Waals surface area contributed by atoms with Crippen molar-refractivity contribution < 1.29 is 13.9 Å². The number of esters is 1. The third-order valence-electron chi connectivity index (χ3n) is 5.43. The molecule has 0 atom stereocenters. The summed E-state index contributed by atoms with van der Waals surface area (Å²) in [5.74, 6) is 1.30. The number of benzene rings is 2. The Balaban J connectivity index is 1.31. The highest BCUT2D eigenvalue weighted by atomic mass is 16.5. The van der Waals surface area contributed by atoms with Crippen molar-refractivity contribution in [2.75, 3.05) is 20.2 Å². The molecule has 0 N–H and O–H groups in total. The summed E-state index contributed by atoms with van der Waals surface area (Å²) in [6.45, 7) is 3.10. The maximum absolute atomic E-state index is 11.2. The Hall–Kier alpha value is -2.85. The van der Waals surface area contributed by atoms with Gasteiger partial charge in [0.1, 0.15) is 11.3 Å². The van der Waals surface area contributed by atoms with E-state index in [1.54, 1.807) is 6.08 Å². The zero-order valence-corrected chi connectivity index (χ0v) is 16.1. The van der Waals surface area contributed by atoms with Crippen LogP contribution in [0.5, 0.6) is 0 Å². The smallest absolute Gasteiger partial charge is 0.330 e. The summed E-state index contributed by atoms with van der Waals surface area (Å²) in [5, 5.41) is 1.20. The van der Waals surface area contributed by atoms with E-state index < -0.39 is 0 Å². The SMILES string of the molecule is COC(=O)C=Cc1ccc(CN2CCC(c3cc4ccccc4o3)CC2)cc1. The zero-order valence-electron chi connectivity index (χ0n) is 16.1. The molecule has 0 aliphatic carbocycles. The van der Waals surface area contributed by atoms with Gasteiger partial charge in [0.05, 0.1) is 7.11 Å². The predicted octanol–water partition coefficient (Wildman–Crippen LogP) is 5.00. The molecule has 1 aliphatic rings. The summed E-state index contributed by atoms with van der Waals surface area (Å²) in [5.41, 5.74) is 3.27. The van der Waals surface area contributed by atoms with E-state index in [1.807, 2.05) is 24.3 Å². The summed E-state index contributed by atoms with van der Waals surface area (Å²) in [7, 11) is 1.38. The minimum Gasteiger partial charge on any atom is -0.466 e. The van der Waals surface area contributed by atoms with Crippen LogP contribution in [0.1, 0.15) is 35.6 Å². The van der Waals surface area contributed by atoms with Crippen LogP contribution in [-0.4, -0.2) is 31.1 Å². The Morgan fingerprint density at radius 3 is 2.61 bits per heavy atom.